The van der Waals surface area contributed by atoms with Crippen molar-refractivity contribution in [2.45, 2.75) is 11.3 Å². The van der Waals surface area contributed by atoms with Gasteiger partial charge in [-0.05, 0) is 17.7 Å². The van der Waals surface area contributed by atoms with Crippen LogP contribution < -0.4 is 0 Å². The number of hydrogen-bond donors (Lipinski definition) is 0. The van der Waals surface area contributed by atoms with Crippen molar-refractivity contribution in [1.82, 2.24) is 0 Å². The molecule has 0 saturated carbocycles. The fraction of sp³-hybridized carbons (Fsp3) is 0.200. The second kappa shape index (κ2) is 4.69. The van der Waals surface area contributed by atoms with Crippen molar-refractivity contribution < 1.29 is 21.6 Å². The molecule has 16 heavy (non-hydrogen) atoms. The van der Waals surface area contributed by atoms with Crippen LogP contribution in [0.25, 0.3) is 5.57 Å². The molecule has 0 aliphatic heterocycles. The molecule has 0 atom stereocenters. The molecule has 1 aromatic rings. The molecular formula is C10H9F3O2S. The van der Waals surface area contributed by atoms with Gasteiger partial charge in [0, 0.05) is 6.26 Å². The Bertz CT molecular complexity index is 489. The summed E-state index contributed by atoms with van der Waals surface area (Å²) in [6.07, 6.45) is -2.12. The predicted octanol–water partition coefficient (Wildman–Crippen LogP) is 2.67. The molecule has 88 valence electrons. The minimum atomic E-state index is -3.37. The van der Waals surface area contributed by atoms with Crippen molar-refractivity contribution in [2.75, 3.05) is 6.26 Å². The molecule has 6 heteroatoms. The van der Waals surface area contributed by atoms with Crippen LogP contribution in [0.4, 0.5) is 13.2 Å². The first-order valence-electron chi connectivity index (χ1n) is 4.25. The molecule has 0 aromatic heterocycles. The van der Waals surface area contributed by atoms with Crippen LogP contribution in [-0.4, -0.2) is 21.1 Å². The molecule has 0 bridgehead atoms. The van der Waals surface area contributed by atoms with Crippen LogP contribution >= 0.6 is 0 Å². The summed E-state index contributed by atoms with van der Waals surface area (Å²) in [4.78, 5) is 0.00345. The van der Waals surface area contributed by atoms with Crippen molar-refractivity contribution in [3.8, 4) is 0 Å². The summed E-state index contributed by atoms with van der Waals surface area (Å²) in [5, 5.41) is 0. The summed E-state index contributed by atoms with van der Waals surface area (Å²) < 4.78 is 58.9. The van der Waals surface area contributed by atoms with Gasteiger partial charge < -0.3 is 0 Å². The van der Waals surface area contributed by atoms with Crippen LogP contribution in [0.2, 0.25) is 0 Å². The monoisotopic (exact) mass is 250 g/mol. The van der Waals surface area contributed by atoms with E-state index < -0.39 is 21.8 Å². The highest BCUT2D eigenvalue weighted by atomic mass is 32.2. The highest BCUT2D eigenvalue weighted by molar-refractivity contribution is 7.90. The van der Waals surface area contributed by atoms with Gasteiger partial charge in [0.1, 0.15) is 0 Å². The van der Waals surface area contributed by atoms with E-state index in [-0.39, 0.29) is 16.8 Å². The van der Waals surface area contributed by atoms with Gasteiger partial charge in [0.15, 0.2) is 9.84 Å². The lowest BCUT2D eigenvalue weighted by atomic mass is 10.1. The van der Waals surface area contributed by atoms with E-state index in [0.29, 0.717) is 0 Å². The Balaban J connectivity index is 3.14. The van der Waals surface area contributed by atoms with Crippen LogP contribution in [0.1, 0.15) is 5.56 Å². The van der Waals surface area contributed by atoms with E-state index in [9.17, 15) is 21.6 Å². The minimum Gasteiger partial charge on any atom is -0.224 e. The van der Waals surface area contributed by atoms with Gasteiger partial charge in [0.2, 0.25) is 0 Å². The number of sulfone groups is 1. The van der Waals surface area contributed by atoms with Crippen molar-refractivity contribution >= 4 is 15.4 Å². The van der Waals surface area contributed by atoms with Gasteiger partial charge >= 0.3 is 0 Å². The van der Waals surface area contributed by atoms with Gasteiger partial charge in [0.25, 0.3) is 6.43 Å². The number of halogens is 3. The topological polar surface area (TPSA) is 34.1 Å². The molecule has 0 N–H and O–H groups in total. The number of hydrogen-bond acceptors (Lipinski definition) is 2. The molecule has 0 heterocycles. The second-order valence-corrected chi connectivity index (χ2v) is 5.18. The van der Waals surface area contributed by atoms with E-state index in [2.05, 4.69) is 0 Å². The van der Waals surface area contributed by atoms with Crippen LogP contribution in [0.15, 0.2) is 35.5 Å². The van der Waals surface area contributed by atoms with Gasteiger partial charge in [-0.25, -0.2) is 21.6 Å². The maximum atomic E-state index is 12.3. The molecule has 1 aromatic carbocycles. The van der Waals surface area contributed by atoms with E-state index in [1.54, 1.807) is 0 Å². The molecule has 0 fully saturated rings. The van der Waals surface area contributed by atoms with E-state index in [1.807, 2.05) is 0 Å². The normalized spacial score (nSPS) is 13.2. The first kappa shape index (κ1) is 12.8. The molecule has 0 aliphatic rings. The van der Waals surface area contributed by atoms with E-state index in [0.717, 1.165) is 30.5 Å². The average Bonchev–Trinajstić information content (AvgIpc) is 2.17. The zero-order valence-corrected chi connectivity index (χ0v) is 9.14. The van der Waals surface area contributed by atoms with Crippen molar-refractivity contribution in [3.63, 3.8) is 0 Å². The Morgan fingerprint density at radius 1 is 1.25 bits per heavy atom. The lowest BCUT2D eigenvalue weighted by Gasteiger charge is -2.05. The van der Waals surface area contributed by atoms with Crippen LogP contribution in [0.3, 0.4) is 0 Å². The van der Waals surface area contributed by atoms with Crippen molar-refractivity contribution in [3.05, 3.63) is 36.2 Å². The maximum Gasteiger partial charge on any atom is 0.266 e. The molecule has 0 radical (unpaired) electrons. The van der Waals surface area contributed by atoms with Gasteiger partial charge in [0.05, 0.1) is 16.8 Å². The summed E-state index contributed by atoms with van der Waals surface area (Å²) >= 11 is 0. The lowest BCUT2D eigenvalue weighted by molar-refractivity contribution is 0.214. The largest absolute Gasteiger partial charge is 0.266 e. The fourth-order valence-corrected chi connectivity index (χ4v) is 1.76. The molecule has 0 aliphatic carbocycles. The smallest absolute Gasteiger partial charge is 0.224 e. The molecule has 1 rings (SSSR count). The zero-order valence-electron chi connectivity index (χ0n) is 8.32. The number of rotatable bonds is 3. The third kappa shape index (κ3) is 2.85. The third-order valence-corrected chi connectivity index (χ3v) is 3.10. The summed E-state index contributed by atoms with van der Waals surface area (Å²) in [6.45, 7) is 0. The molecule has 0 spiro atoms. The Morgan fingerprint density at radius 2 is 1.75 bits per heavy atom. The Labute approximate surface area is 91.3 Å². The van der Waals surface area contributed by atoms with Crippen LogP contribution in [0, 0.1) is 0 Å². The fourth-order valence-electron chi connectivity index (χ4n) is 1.13. The standard InChI is InChI=1S/C10H9F3O2S/c1-16(14,15)8-4-2-7(3-5-8)9(6-11)10(12)13/h2-6,10H,1H3. The van der Waals surface area contributed by atoms with Crippen molar-refractivity contribution in [1.29, 1.82) is 0 Å². The Morgan fingerprint density at radius 3 is 2.06 bits per heavy atom. The lowest BCUT2D eigenvalue weighted by Crippen LogP contribution is -1.99. The number of allylic oxidation sites excluding steroid dienone is 1. The first-order valence-corrected chi connectivity index (χ1v) is 6.14. The molecule has 0 unspecified atom stereocenters. The molecule has 0 amide bonds. The Kier molecular flexibility index (Phi) is 3.74. The predicted molar refractivity (Wildman–Crippen MR) is 54.6 cm³/mol. The third-order valence-electron chi connectivity index (χ3n) is 1.97. The molecule has 0 saturated heterocycles. The van der Waals surface area contributed by atoms with E-state index in [1.165, 1.54) is 0 Å². The SMILES string of the molecule is CS(=O)(=O)c1ccc(C(=CF)C(F)F)cc1. The summed E-state index contributed by atoms with van der Waals surface area (Å²) in [6, 6.07) is 4.62. The highest BCUT2D eigenvalue weighted by Crippen LogP contribution is 2.23. The van der Waals surface area contributed by atoms with Gasteiger partial charge in [-0.1, -0.05) is 12.1 Å². The van der Waals surface area contributed by atoms with Crippen molar-refractivity contribution in [2.24, 2.45) is 0 Å². The average molecular weight is 250 g/mol. The maximum absolute atomic E-state index is 12.3. The highest BCUT2D eigenvalue weighted by Gasteiger charge is 2.14. The quantitative estimate of drug-likeness (QED) is 0.826. The van der Waals surface area contributed by atoms with Gasteiger partial charge in [-0.2, -0.15) is 0 Å². The molecule has 2 nitrogen and oxygen atoms in total. The first-order chi connectivity index (χ1) is 7.36. The van der Waals surface area contributed by atoms with E-state index in [4.69, 9.17) is 0 Å². The Hall–Kier alpha value is -1.30. The van der Waals surface area contributed by atoms with Gasteiger partial charge in [-0.3, -0.25) is 0 Å². The van der Waals surface area contributed by atoms with E-state index >= 15 is 0 Å². The molecular weight excluding hydrogens is 241 g/mol. The van der Waals surface area contributed by atoms with Gasteiger partial charge in [-0.15, -0.1) is 0 Å². The number of alkyl halides is 2. The summed E-state index contributed by atoms with van der Waals surface area (Å²) in [5.74, 6) is 0. The van der Waals surface area contributed by atoms with Crippen LogP contribution in [-0.2, 0) is 9.84 Å². The minimum absolute atomic E-state index is 0.00345. The second-order valence-electron chi connectivity index (χ2n) is 3.16. The zero-order chi connectivity index (χ0) is 12.3. The number of benzene rings is 1. The summed E-state index contributed by atoms with van der Waals surface area (Å²) in [7, 11) is -3.37. The van der Waals surface area contributed by atoms with Crippen LogP contribution in [0.5, 0.6) is 0 Å². The summed E-state index contributed by atoms with van der Waals surface area (Å²) in [5.41, 5.74) is -0.801.